The van der Waals surface area contributed by atoms with Crippen LogP contribution in [0.1, 0.15) is 36.9 Å². The number of rotatable bonds is 1. The molecule has 1 aromatic rings. The Bertz CT molecular complexity index is 310. The molecule has 1 unspecified atom stereocenters. The van der Waals surface area contributed by atoms with Crippen molar-refractivity contribution in [3.05, 3.63) is 17.3 Å². The van der Waals surface area contributed by atoms with Crippen LogP contribution in [0.4, 0.5) is 5.82 Å². The van der Waals surface area contributed by atoms with Gasteiger partial charge in [0, 0.05) is 5.92 Å². The van der Waals surface area contributed by atoms with E-state index in [4.69, 9.17) is 5.84 Å². The van der Waals surface area contributed by atoms with Crippen molar-refractivity contribution in [2.24, 2.45) is 5.84 Å². The standard InChI is InChI=1S/C9H14N4/c1-6-3-2-4-7-5-8(11-10)12-13-9(6)7/h5-6H,2-4,10H2,1H3,(H,11,12). The second-order valence-electron chi connectivity index (χ2n) is 3.58. The lowest BCUT2D eigenvalue weighted by Crippen LogP contribution is -2.15. The molecule has 1 atom stereocenters. The molecule has 1 aromatic heterocycles. The van der Waals surface area contributed by atoms with Gasteiger partial charge in [0.05, 0.1) is 5.69 Å². The minimum atomic E-state index is 0.545. The molecule has 0 aliphatic heterocycles. The fourth-order valence-electron chi connectivity index (χ4n) is 1.86. The van der Waals surface area contributed by atoms with E-state index in [1.54, 1.807) is 0 Å². The summed E-state index contributed by atoms with van der Waals surface area (Å²) >= 11 is 0. The fourth-order valence-corrected chi connectivity index (χ4v) is 1.86. The Balaban J connectivity index is 2.39. The third kappa shape index (κ3) is 1.49. The molecule has 0 saturated carbocycles. The average Bonchev–Trinajstić information content (AvgIpc) is 2.18. The fraction of sp³-hybridized carbons (Fsp3) is 0.556. The first kappa shape index (κ1) is 8.44. The Morgan fingerprint density at radius 2 is 2.38 bits per heavy atom. The predicted molar refractivity (Wildman–Crippen MR) is 51.2 cm³/mol. The van der Waals surface area contributed by atoms with Gasteiger partial charge < -0.3 is 5.43 Å². The van der Waals surface area contributed by atoms with Gasteiger partial charge >= 0.3 is 0 Å². The summed E-state index contributed by atoms with van der Waals surface area (Å²) in [4.78, 5) is 0. The number of hydrogen-bond donors (Lipinski definition) is 2. The van der Waals surface area contributed by atoms with E-state index in [-0.39, 0.29) is 0 Å². The predicted octanol–water partition coefficient (Wildman–Crippen LogP) is 1.20. The SMILES string of the molecule is CC1CCCc2cc(NN)nnc21. The van der Waals surface area contributed by atoms with E-state index in [1.165, 1.54) is 18.4 Å². The van der Waals surface area contributed by atoms with Gasteiger partial charge in [-0.1, -0.05) is 6.92 Å². The van der Waals surface area contributed by atoms with Crippen LogP contribution in [0.2, 0.25) is 0 Å². The van der Waals surface area contributed by atoms with Crippen LogP contribution in [0, 0.1) is 0 Å². The quantitative estimate of drug-likeness (QED) is 0.501. The number of nitrogen functional groups attached to an aromatic ring is 1. The highest BCUT2D eigenvalue weighted by molar-refractivity contribution is 5.38. The number of aromatic nitrogens is 2. The van der Waals surface area contributed by atoms with Crippen LogP contribution >= 0.6 is 0 Å². The van der Waals surface area contributed by atoms with E-state index < -0.39 is 0 Å². The van der Waals surface area contributed by atoms with Gasteiger partial charge in [-0.2, -0.15) is 5.10 Å². The van der Waals surface area contributed by atoms with Crippen LogP contribution in [0.25, 0.3) is 0 Å². The Hall–Kier alpha value is -1.16. The van der Waals surface area contributed by atoms with Crippen LogP contribution in [0.15, 0.2) is 6.07 Å². The van der Waals surface area contributed by atoms with Crippen LogP contribution in [0.5, 0.6) is 0 Å². The van der Waals surface area contributed by atoms with Gasteiger partial charge in [-0.15, -0.1) is 5.10 Å². The Morgan fingerprint density at radius 3 is 3.15 bits per heavy atom. The van der Waals surface area contributed by atoms with Crippen LogP contribution < -0.4 is 11.3 Å². The molecular weight excluding hydrogens is 164 g/mol. The summed E-state index contributed by atoms with van der Waals surface area (Å²) in [5.74, 6) is 6.47. The molecule has 0 fully saturated rings. The van der Waals surface area contributed by atoms with E-state index in [0.717, 1.165) is 12.1 Å². The van der Waals surface area contributed by atoms with Crippen molar-refractivity contribution in [2.45, 2.75) is 32.1 Å². The molecule has 0 radical (unpaired) electrons. The zero-order valence-electron chi connectivity index (χ0n) is 7.75. The zero-order chi connectivity index (χ0) is 9.26. The first-order chi connectivity index (χ1) is 6.31. The lowest BCUT2D eigenvalue weighted by atomic mass is 9.88. The maximum Gasteiger partial charge on any atom is 0.162 e. The van der Waals surface area contributed by atoms with Crippen molar-refractivity contribution in [1.29, 1.82) is 0 Å². The molecule has 0 spiro atoms. The van der Waals surface area contributed by atoms with Gasteiger partial charge in [-0.25, -0.2) is 5.84 Å². The molecule has 1 heterocycles. The maximum absolute atomic E-state index is 5.27. The number of fused-ring (bicyclic) bond motifs is 1. The average molecular weight is 178 g/mol. The molecule has 13 heavy (non-hydrogen) atoms. The number of anilines is 1. The van der Waals surface area contributed by atoms with Gasteiger partial charge in [0.1, 0.15) is 0 Å². The summed E-state index contributed by atoms with van der Waals surface area (Å²) in [7, 11) is 0. The maximum atomic E-state index is 5.27. The summed E-state index contributed by atoms with van der Waals surface area (Å²) in [5, 5.41) is 8.15. The molecule has 3 N–H and O–H groups in total. The second kappa shape index (κ2) is 3.30. The summed E-state index contributed by atoms with van der Waals surface area (Å²) in [6, 6.07) is 2.00. The van der Waals surface area contributed by atoms with Crippen molar-refractivity contribution in [3.63, 3.8) is 0 Å². The lowest BCUT2D eigenvalue weighted by Gasteiger charge is -2.20. The molecule has 0 bridgehead atoms. The number of nitrogens with two attached hydrogens (primary N) is 1. The van der Waals surface area contributed by atoms with Crippen molar-refractivity contribution < 1.29 is 0 Å². The van der Waals surface area contributed by atoms with Crippen molar-refractivity contribution >= 4 is 5.82 Å². The molecule has 4 nitrogen and oxygen atoms in total. The summed E-state index contributed by atoms with van der Waals surface area (Å²) < 4.78 is 0. The lowest BCUT2D eigenvalue weighted by molar-refractivity contribution is 0.564. The first-order valence-corrected chi connectivity index (χ1v) is 4.64. The molecule has 1 aliphatic carbocycles. The highest BCUT2D eigenvalue weighted by Gasteiger charge is 2.18. The Morgan fingerprint density at radius 1 is 1.54 bits per heavy atom. The summed E-state index contributed by atoms with van der Waals surface area (Å²) in [5.41, 5.74) is 4.96. The summed E-state index contributed by atoms with van der Waals surface area (Å²) in [6.07, 6.45) is 3.56. The monoisotopic (exact) mass is 178 g/mol. The Kier molecular flexibility index (Phi) is 2.14. The number of nitrogens with zero attached hydrogens (tertiary/aromatic N) is 2. The third-order valence-corrected chi connectivity index (χ3v) is 2.60. The van der Waals surface area contributed by atoms with Crippen molar-refractivity contribution in [3.8, 4) is 0 Å². The molecule has 70 valence electrons. The molecule has 4 heteroatoms. The van der Waals surface area contributed by atoms with Gasteiger partial charge in [0.2, 0.25) is 0 Å². The topological polar surface area (TPSA) is 63.8 Å². The summed E-state index contributed by atoms with van der Waals surface area (Å²) in [6.45, 7) is 2.20. The van der Waals surface area contributed by atoms with Gasteiger partial charge in [-0.05, 0) is 30.9 Å². The van der Waals surface area contributed by atoms with Crippen LogP contribution in [0.3, 0.4) is 0 Å². The Labute approximate surface area is 77.5 Å². The molecular formula is C9H14N4. The highest BCUT2D eigenvalue weighted by atomic mass is 15.3. The smallest absolute Gasteiger partial charge is 0.162 e. The van der Waals surface area contributed by atoms with Gasteiger partial charge in [-0.3, -0.25) is 0 Å². The molecule has 0 amide bonds. The molecule has 1 aliphatic rings. The molecule has 0 aromatic carbocycles. The van der Waals surface area contributed by atoms with Crippen molar-refractivity contribution in [1.82, 2.24) is 10.2 Å². The third-order valence-electron chi connectivity index (χ3n) is 2.60. The van der Waals surface area contributed by atoms with Gasteiger partial charge in [0.25, 0.3) is 0 Å². The van der Waals surface area contributed by atoms with E-state index in [9.17, 15) is 0 Å². The number of hydrazine groups is 1. The van der Waals surface area contributed by atoms with Crippen molar-refractivity contribution in [2.75, 3.05) is 5.43 Å². The first-order valence-electron chi connectivity index (χ1n) is 4.64. The van der Waals surface area contributed by atoms with E-state index in [0.29, 0.717) is 11.7 Å². The second-order valence-corrected chi connectivity index (χ2v) is 3.58. The van der Waals surface area contributed by atoms with E-state index in [1.807, 2.05) is 6.07 Å². The largest absolute Gasteiger partial charge is 0.307 e. The highest BCUT2D eigenvalue weighted by Crippen LogP contribution is 2.29. The zero-order valence-corrected chi connectivity index (χ0v) is 7.75. The molecule has 2 rings (SSSR count). The molecule has 0 saturated heterocycles. The number of hydrogen-bond acceptors (Lipinski definition) is 4. The minimum absolute atomic E-state index is 0.545. The normalized spacial score (nSPS) is 20.9. The van der Waals surface area contributed by atoms with E-state index >= 15 is 0 Å². The minimum Gasteiger partial charge on any atom is -0.307 e. The number of nitrogens with one attached hydrogen (secondary N) is 1. The van der Waals surface area contributed by atoms with E-state index in [2.05, 4.69) is 22.5 Å². The van der Waals surface area contributed by atoms with Crippen LogP contribution in [-0.2, 0) is 6.42 Å². The number of aryl methyl sites for hydroxylation is 1. The van der Waals surface area contributed by atoms with Gasteiger partial charge in [0.15, 0.2) is 5.82 Å². The van der Waals surface area contributed by atoms with Crippen LogP contribution in [-0.4, -0.2) is 10.2 Å².